The smallest absolute Gasteiger partial charge is 0.311 e. The van der Waals surface area contributed by atoms with Crippen molar-refractivity contribution in [1.29, 1.82) is 0 Å². The molecule has 2 aromatic heterocycles. The van der Waals surface area contributed by atoms with Crippen LogP contribution in [-0.2, 0) is 14.3 Å². The summed E-state index contributed by atoms with van der Waals surface area (Å²) in [6.07, 6.45) is 0.339. The fourth-order valence-electron chi connectivity index (χ4n) is 2.65. The van der Waals surface area contributed by atoms with Crippen LogP contribution in [0.15, 0.2) is 4.79 Å². The van der Waals surface area contributed by atoms with Crippen molar-refractivity contribution >= 4 is 45.4 Å². The van der Waals surface area contributed by atoms with Gasteiger partial charge in [0.2, 0.25) is 5.95 Å². The summed E-state index contributed by atoms with van der Waals surface area (Å²) >= 11 is 2.59. The first-order valence-electron chi connectivity index (χ1n) is 7.47. The third kappa shape index (κ3) is 3.01. The van der Waals surface area contributed by atoms with Crippen LogP contribution in [0.1, 0.15) is 31.7 Å². The molecule has 0 amide bonds. The molecule has 3 atom stereocenters. The number of aromatic nitrogens is 3. The molecule has 0 radical (unpaired) electrons. The highest BCUT2D eigenvalue weighted by Gasteiger charge is 2.40. The second-order valence-electron chi connectivity index (χ2n) is 5.38. The highest BCUT2D eigenvalue weighted by atomic mass is 32.2. The van der Waals surface area contributed by atoms with Crippen LogP contribution in [0.2, 0.25) is 0 Å². The number of rotatable bonds is 4. The van der Waals surface area contributed by atoms with Gasteiger partial charge in [0.25, 0.3) is 0 Å². The molecule has 2 N–H and O–H groups in total. The molecule has 3 heterocycles. The van der Waals surface area contributed by atoms with E-state index in [4.69, 9.17) is 15.2 Å². The molecule has 3 rings (SSSR count). The Morgan fingerprint density at radius 3 is 2.88 bits per heavy atom. The quantitative estimate of drug-likeness (QED) is 0.810. The number of fused-ring (bicyclic) bond motifs is 1. The number of anilines is 1. The fourth-order valence-corrected chi connectivity index (χ4v) is 4.86. The van der Waals surface area contributed by atoms with Gasteiger partial charge in [0.15, 0.2) is 11.9 Å². The van der Waals surface area contributed by atoms with E-state index in [1.807, 2.05) is 6.92 Å². The second-order valence-corrected chi connectivity index (χ2v) is 7.74. The average molecular weight is 370 g/mol. The molecule has 8 nitrogen and oxygen atoms in total. The molecule has 0 saturated carbocycles. The molecule has 0 aliphatic carbocycles. The van der Waals surface area contributed by atoms with Crippen LogP contribution < -0.4 is 10.6 Å². The largest absolute Gasteiger partial charge is 0.469 e. The second kappa shape index (κ2) is 6.69. The number of nitrogen functional groups attached to an aromatic ring is 1. The zero-order chi connectivity index (χ0) is 17.4. The van der Waals surface area contributed by atoms with Crippen LogP contribution in [-0.4, -0.2) is 38.3 Å². The lowest BCUT2D eigenvalue weighted by Gasteiger charge is -2.18. The first-order valence-corrected chi connectivity index (χ1v) is 9.23. The predicted molar refractivity (Wildman–Crippen MR) is 93.0 cm³/mol. The number of nitrogens with two attached hydrogens (primary N) is 1. The minimum atomic E-state index is -0.589. The van der Waals surface area contributed by atoms with Crippen molar-refractivity contribution in [3.63, 3.8) is 0 Å². The van der Waals surface area contributed by atoms with Crippen molar-refractivity contribution in [1.82, 2.24) is 14.5 Å². The van der Waals surface area contributed by atoms with Gasteiger partial charge in [-0.25, -0.2) is 4.98 Å². The fraction of sp³-hybridized carbons (Fsp3) is 0.571. The summed E-state index contributed by atoms with van der Waals surface area (Å²) in [5.41, 5.74) is 6.75. The molecular weight excluding hydrogens is 352 g/mol. The molecule has 0 aromatic carbocycles. The van der Waals surface area contributed by atoms with E-state index in [-0.39, 0.29) is 33.9 Å². The number of thiazole rings is 1. The molecule has 1 aliphatic rings. The number of carbonyl (C=O) groups is 1. The zero-order valence-corrected chi connectivity index (χ0v) is 15.1. The molecule has 24 heavy (non-hydrogen) atoms. The van der Waals surface area contributed by atoms with Gasteiger partial charge in [0.1, 0.15) is 5.44 Å². The Morgan fingerprint density at radius 2 is 2.21 bits per heavy atom. The first-order chi connectivity index (χ1) is 11.4. The van der Waals surface area contributed by atoms with Gasteiger partial charge in [-0.2, -0.15) is 4.98 Å². The van der Waals surface area contributed by atoms with Crippen molar-refractivity contribution in [2.24, 2.45) is 0 Å². The van der Waals surface area contributed by atoms with Crippen LogP contribution in [0.3, 0.4) is 0 Å². The Morgan fingerprint density at radius 1 is 1.46 bits per heavy atom. The summed E-state index contributed by atoms with van der Waals surface area (Å²) in [5, 5.41) is -0.227. The number of aryl methyl sites for hydroxylation is 1. The van der Waals surface area contributed by atoms with E-state index < -0.39 is 6.23 Å². The molecule has 3 unspecified atom stereocenters. The summed E-state index contributed by atoms with van der Waals surface area (Å²) in [4.78, 5) is 32.4. The summed E-state index contributed by atoms with van der Waals surface area (Å²) < 4.78 is 12.9. The van der Waals surface area contributed by atoms with Crippen molar-refractivity contribution < 1.29 is 14.3 Å². The number of hydrogen-bond acceptors (Lipinski definition) is 9. The van der Waals surface area contributed by atoms with Crippen molar-refractivity contribution in [3.05, 3.63) is 15.4 Å². The van der Waals surface area contributed by atoms with Crippen LogP contribution in [0.5, 0.6) is 0 Å². The SMILES string of the molecule is CCC1OC(n2c(=O)sc3c(C)nc(N)nc32)C(CC(=O)OC)S1. The maximum absolute atomic E-state index is 12.6. The van der Waals surface area contributed by atoms with E-state index in [1.54, 1.807) is 6.92 Å². The Bertz CT molecular complexity index is 834. The van der Waals surface area contributed by atoms with E-state index >= 15 is 0 Å². The summed E-state index contributed by atoms with van der Waals surface area (Å²) in [5.74, 6) is -0.232. The summed E-state index contributed by atoms with van der Waals surface area (Å²) in [6, 6.07) is 0. The lowest BCUT2D eigenvalue weighted by Crippen LogP contribution is -2.28. The molecule has 130 valence electrons. The van der Waals surface area contributed by atoms with E-state index in [2.05, 4.69) is 9.97 Å². The zero-order valence-electron chi connectivity index (χ0n) is 13.5. The normalized spacial score (nSPS) is 23.7. The Balaban J connectivity index is 2.08. The first kappa shape index (κ1) is 17.2. The number of ether oxygens (including phenoxy) is 2. The molecule has 1 aliphatic heterocycles. The molecule has 10 heteroatoms. The van der Waals surface area contributed by atoms with Gasteiger partial charge < -0.3 is 15.2 Å². The van der Waals surface area contributed by atoms with Crippen molar-refractivity contribution in [3.8, 4) is 0 Å². The highest BCUT2D eigenvalue weighted by molar-refractivity contribution is 8.00. The Kier molecular flexibility index (Phi) is 4.79. The molecule has 0 bridgehead atoms. The van der Waals surface area contributed by atoms with Gasteiger partial charge in [-0.05, 0) is 13.3 Å². The minimum absolute atomic E-state index is 0.0909. The molecule has 2 aromatic rings. The average Bonchev–Trinajstić information content (AvgIpc) is 3.07. The molecule has 1 saturated heterocycles. The molecule has 1 fully saturated rings. The van der Waals surface area contributed by atoms with Gasteiger partial charge >= 0.3 is 10.8 Å². The van der Waals surface area contributed by atoms with Gasteiger partial charge in [-0.15, -0.1) is 11.8 Å². The van der Waals surface area contributed by atoms with E-state index in [1.165, 1.54) is 23.4 Å². The summed E-state index contributed by atoms with van der Waals surface area (Å²) in [6.45, 7) is 3.78. The van der Waals surface area contributed by atoms with Crippen LogP contribution in [0.25, 0.3) is 10.3 Å². The third-order valence-corrected chi connectivity index (χ3v) is 6.32. The van der Waals surface area contributed by atoms with Crippen molar-refractivity contribution in [2.75, 3.05) is 12.8 Å². The van der Waals surface area contributed by atoms with Crippen molar-refractivity contribution in [2.45, 2.75) is 43.6 Å². The van der Waals surface area contributed by atoms with Gasteiger partial charge in [-0.1, -0.05) is 18.3 Å². The number of methoxy groups -OCH3 is 1. The minimum Gasteiger partial charge on any atom is -0.469 e. The third-order valence-electron chi connectivity index (χ3n) is 3.77. The van der Waals surface area contributed by atoms with Crippen LogP contribution in [0.4, 0.5) is 5.95 Å². The number of thioether (sulfide) groups is 1. The highest BCUT2D eigenvalue weighted by Crippen LogP contribution is 2.43. The number of hydrogen-bond donors (Lipinski definition) is 1. The lowest BCUT2D eigenvalue weighted by atomic mass is 10.2. The monoisotopic (exact) mass is 370 g/mol. The predicted octanol–water partition coefficient (Wildman–Crippen LogP) is 1.67. The number of nitrogens with zero attached hydrogens (tertiary/aromatic N) is 3. The maximum atomic E-state index is 12.6. The number of esters is 1. The summed E-state index contributed by atoms with van der Waals surface area (Å²) in [7, 11) is 1.35. The Labute approximate surface area is 146 Å². The molecule has 0 spiro atoms. The Hall–Kier alpha value is -1.65. The number of carbonyl (C=O) groups excluding carboxylic acids is 1. The van der Waals surface area contributed by atoms with Gasteiger partial charge in [0.05, 0.1) is 29.2 Å². The van der Waals surface area contributed by atoms with Crippen LogP contribution in [0, 0.1) is 6.92 Å². The van der Waals surface area contributed by atoms with E-state index in [0.717, 1.165) is 17.8 Å². The maximum Gasteiger partial charge on any atom is 0.311 e. The van der Waals surface area contributed by atoms with Crippen LogP contribution >= 0.6 is 23.1 Å². The van der Waals surface area contributed by atoms with E-state index in [0.29, 0.717) is 16.0 Å². The topological polar surface area (TPSA) is 109 Å². The standard InChI is InChI=1S/C14H18N4O4S2/c1-4-9-22-12(7(23-9)5-8(19)21-3)18-11-10(24-14(18)20)6(2)16-13(15)17-11/h7,9,12H,4-5H2,1-3H3,(H2,15,16,17). The van der Waals surface area contributed by atoms with Gasteiger partial charge in [-0.3, -0.25) is 14.2 Å². The van der Waals surface area contributed by atoms with Gasteiger partial charge in [0, 0.05) is 0 Å². The van der Waals surface area contributed by atoms with E-state index in [9.17, 15) is 9.59 Å². The molecular formula is C14H18N4O4S2. The lowest BCUT2D eigenvalue weighted by molar-refractivity contribution is -0.141.